The standard InChI is InChI=1S/C60H58O12/c1-27-17-39(69-35(9)57(61)62)18-28(2)51(27)47-25-48(52-29(3)19-40(20-30(52)4)70-36(10)58(63)64)44-15-16-46-50(54-33(7)23-42(24-34(54)8)72-38(12)60(67)68)26-49(45-14-13-43(47)55(44)56(45)46)53-31(5)21-41(22-32(53)6)71-37(11)59(65)66/h13-26,35-38H,1-12H3,(H,61,62)(H,63,64)(H,65,66)(H,67,68)/t35-,36-,37-,38-/m1/s1. The fourth-order valence-corrected chi connectivity index (χ4v) is 10.5. The van der Waals surface area contributed by atoms with Crippen LogP contribution in [0.2, 0.25) is 0 Å². The summed E-state index contributed by atoms with van der Waals surface area (Å²) in [7, 11) is 0. The van der Waals surface area contributed by atoms with Gasteiger partial charge in [-0.3, -0.25) is 0 Å². The Morgan fingerprint density at radius 3 is 0.639 bits per heavy atom. The van der Waals surface area contributed by atoms with Crippen LogP contribution in [0, 0.1) is 55.4 Å². The number of rotatable bonds is 16. The molecule has 4 atom stereocenters. The molecule has 0 aliphatic heterocycles. The average Bonchev–Trinajstić information content (AvgIpc) is 3.28. The van der Waals surface area contributed by atoms with E-state index < -0.39 is 48.3 Å². The minimum Gasteiger partial charge on any atom is -0.479 e. The molecule has 0 saturated heterocycles. The van der Waals surface area contributed by atoms with Crippen molar-refractivity contribution in [2.24, 2.45) is 0 Å². The number of ether oxygens (including phenoxy) is 4. The molecule has 72 heavy (non-hydrogen) atoms. The van der Waals surface area contributed by atoms with Gasteiger partial charge in [0.1, 0.15) is 23.0 Å². The molecule has 0 heterocycles. The molecule has 0 saturated carbocycles. The van der Waals surface area contributed by atoms with Gasteiger partial charge in [0.05, 0.1) is 0 Å². The van der Waals surface area contributed by atoms with Crippen molar-refractivity contribution in [3.8, 4) is 67.5 Å². The van der Waals surface area contributed by atoms with Gasteiger partial charge in [-0.1, -0.05) is 24.3 Å². The van der Waals surface area contributed by atoms with Crippen LogP contribution in [-0.4, -0.2) is 68.7 Å². The number of hydrogen-bond donors (Lipinski definition) is 4. The van der Waals surface area contributed by atoms with E-state index in [1.165, 1.54) is 27.7 Å². The van der Waals surface area contributed by atoms with Gasteiger partial charge in [0.2, 0.25) is 0 Å². The predicted molar refractivity (Wildman–Crippen MR) is 281 cm³/mol. The van der Waals surface area contributed by atoms with E-state index in [-0.39, 0.29) is 0 Å². The van der Waals surface area contributed by atoms with Crippen LogP contribution in [0.3, 0.4) is 0 Å². The van der Waals surface area contributed by atoms with Crippen LogP contribution in [-0.2, 0) is 19.2 Å². The first-order valence-electron chi connectivity index (χ1n) is 23.8. The van der Waals surface area contributed by atoms with Crippen LogP contribution in [0.4, 0.5) is 0 Å². The van der Waals surface area contributed by atoms with Gasteiger partial charge in [-0.2, -0.15) is 0 Å². The molecule has 0 radical (unpaired) electrons. The van der Waals surface area contributed by atoms with E-state index in [4.69, 9.17) is 18.9 Å². The summed E-state index contributed by atoms with van der Waals surface area (Å²) in [6.45, 7) is 21.9. The Morgan fingerprint density at radius 1 is 0.319 bits per heavy atom. The fraction of sp³-hybridized carbons (Fsp3) is 0.267. The van der Waals surface area contributed by atoms with E-state index in [1.54, 1.807) is 0 Å². The molecule has 0 amide bonds. The quantitative estimate of drug-likeness (QED) is 0.0673. The third-order valence-electron chi connectivity index (χ3n) is 13.6. The van der Waals surface area contributed by atoms with Crippen LogP contribution in [0.1, 0.15) is 72.2 Å². The maximum Gasteiger partial charge on any atom is 0.344 e. The number of aliphatic carboxylic acids is 4. The molecule has 4 N–H and O–H groups in total. The Hall–Kier alpha value is -8.12. The van der Waals surface area contributed by atoms with Crippen molar-refractivity contribution in [2.45, 2.75) is 108 Å². The van der Waals surface area contributed by atoms with Gasteiger partial charge in [0.15, 0.2) is 24.4 Å². The summed E-state index contributed by atoms with van der Waals surface area (Å²) < 4.78 is 23.6. The highest BCUT2D eigenvalue weighted by molar-refractivity contribution is 6.32. The fourth-order valence-electron chi connectivity index (χ4n) is 10.5. The summed E-state index contributed by atoms with van der Waals surface area (Å²) in [6.07, 6.45) is -4.26. The summed E-state index contributed by atoms with van der Waals surface area (Å²) in [4.78, 5) is 47.4. The van der Waals surface area contributed by atoms with Gasteiger partial charge in [0, 0.05) is 0 Å². The second-order valence-corrected chi connectivity index (χ2v) is 19.1. The van der Waals surface area contributed by atoms with Crippen molar-refractivity contribution in [2.75, 3.05) is 0 Å². The molecule has 0 bridgehead atoms. The maximum atomic E-state index is 11.9. The monoisotopic (exact) mass is 970 g/mol. The van der Waals surface area contributed by atoms with E-state index >= 15 is 0 Å². The van der Waals surface area contributed by atoms with Crippen molar-refractivity contribution in [3.63, 3.8) is 0 Å². The number of carboxylic acids is 4. The van der Waals surface area contributed by atoms with Crippen molar-refractivity contribution < 1.29 is 58.6 Å². The minimum atomic E-state index is -1.07. The lowest BCUT2D eigenvalue weighted by atomic mass is 9.79. The highest BCUT2D eigenvalue weighted by atomic mass is 16.5. The van der Waals surface area contributed by atoms with Crippen LogP contribution < -0.4 is 18.9 Å². The van der Waals surface area contributed by atoms with Crippen molar-refractivity contribution >= 4 is 56.2 Å². The smallest absolute Gasteiger partial charge is 0.344 e. The topological polar surface area (TPSA) is 186 Å². The molecule has 0 fully saturated rings. The van der Waals surface area contributed by atoms with Gasteiger partial charge in [-0.25, -0.2) is 19.2 Å². The van der Waals surface area contributed by atoms with Crippen molar-refractivity contribution in [1.82, 2.24) is 0 Å². The molecule has 12 nitrogen and oxygen atoms in total. The van der Waals surface area contributed by atoms with E-state index in [9.17, 15) is 39.6 Å². The summed E-state index contributed by atoms with van der Waals surface area (Å²) in [5.74, 6) is -2.55. The highest BCUT2D eigenvalue weighted by Crippen LogP contribution is 2.52. The van der Waals surface area contributed by atoms with Crippen molar-refractivity contribution in [3.05, 3.63) is 129 Å². The molecule has 8 rings (SSSR count). The summed E-state index contributed by atoms with van der Waals surface area (Å²) in [5.41, 5.74) is 14.6. The van der Waals surface area contributed by atoms with Crippen LogP contribution in [0.15, 0.2) is 84.9 Å². The molecule has 0 aliphatic rings. The SMILES string of the molecule is Cc1cc(O[C@H](C)C(=O)O)cc(C)c1-c1cc(-c2c(C)cc(O[C@H](C)C(=O)O)cc2C)c2ccc3c(-c4c(C)cc(O[C@H](C)C(=O)O)cc4C)cc(-c4c(C)cc(O[C@H](C)C(=O)O)cc4C)c4ccc1c2c43. The molecule has 0 spiro atoms. The Balaban J connectivity index is 1.52. The minimum absolute atomic E-state index is 0.438. The van der Waals surface area contributed by atoms with E-state index in [0.717, 1.165) is 121 Å². The molecule has 8 aromatic carbocycles. The van der Waals surface area contributed by atoms with Gasteiger partial charge in [0.25, 0.3) is 0 Å². The highest BCUT2D eigenvalue weighted by Gasteiger charge is 2.27. The Bertz CT molecular complexity index is 3000. The molecule has 8 aromatic rings. The van der Waals surface area contributed by atoms with E-state index in [2.05, 4.69) is 36.4 Å². The number of carboxylic acid groups (broad SMARTS) is 4. The zero-order valence-electron chi connectivity index (χ0n) is 42.4. The number of carbonyl (C=O) groups is 4. The molecule has 0 aromatic heterocycles. The Labute approximate surface area is 417 Å². The lowest BCUT2D eigenvalue weighted by molar-refractivity contribution is -0.145. The first kappa shape index (κ1) is 50.3. The van der Waals surface area contributed by atoms with E-state index in [0.29, 0.717) is 23.0 Å². The summed E-state index contributed by atoms with van der Waals surface area (Å²) in [5, 5.41) is 44.7. The summed E-state index contributed by atoms with van der Waals surface area (Å²) >= 11 is 0. The predicted octanol–water partition coefficient (Wildman–Crippen LogP) is 13.1. The zero-order chi connectivity index (χ0) is 52.4. The third-order valence-corrected chi connectivity index (χ3v) is 13.6. The molecule has 370 valence electrons. The second kappa shape index (κ2) is 19.2. The molecule has 0 unspecified atom stereocenters. The lowest BCUT2D eigenvalue weighted by Crippen LogP contribution is -2.23. The normalized spacial score (nSPS) is 13.2. The summed E-state index contributed by atoms with van der Waals surface area (Å²) in [6, 6.07) is 28.0. The van der Waals surface area contributed by atoms with Gasteiger partial charge in [-0.05, 0) is 265 Å². The first-order valence-corrected chi connectivity index (χ1v) is 23.8. The molecule has 0 aliphatic carbocycles. The lowest BCUT2D eigenvalue weighted by Gasteiger charge is -2.25. The van der Waals surface area contributed by atoms with Crippen LogP contribution in [0.5, 0.6) is 23.0 Å². The van der Waals surface area contributed by atoms with Crippen LogP contribution >= 0.6 is 0 Å². The largest absolute Gasteiger partial charge is 0.479 e. The third kappa shape index (κ3) is 9.20. The van der Waals surface area contributed by atoms with Crippen molar-refractivity contribution in [1.29, 1.82) is 0 Å². The maximum absolute atomic E-state index is 11.9. The van der Waals surface area contributed by atoms with E-state index in [1.807, 2.05) is 104 Å². The number of benzene rings is 8. The Morgan fingerprint density at radius 2 is 0.486 bits per heavy atom. The van der Waals surface area contributed by atoms with Crippen LogP contribution in [0.25, 0.3) is 76.8 Å². The van der Waals surface area contributed by atoms with Gasteiger partial charge >= 0.3 is 23.9 Å². The Kier molecular flexibility index (Phi) is 13.4. The molecule has 12 heteroatoms. The zero-order valence-corrected chi connectivity index (χ0v) is 42.4. The second-order valence-electron chi connectivity index (χ2n) is 19.1. The average molecular weight is 971 g/mol. The number of hydrogen-bond acceptors (Lipinski definition) is 8. The molecular weight excluding hydrogens is 913 g/mol. The number of aryl methyl sites for hydroxylation is 8. The molecular formula is C60H58O12. The van der Waals surface area contributed by atoms with Gasteiger partial charge < -0.3 is 39.4 Å². The van der Waals surface area contributed by atoms with Gasteiger partial charge in [-0.15, -0.1) is 0 Å². The first-order chi connectivity index (χ1) is 33.9.